The minimum atomic E-state index is -1.59. The number of allylic oxidation sites excluding steroid dienone is 1. The van der Waals surface area contributed by atoms with Crippen LogP contribution < -0.4 is 16.4 Å². The number of nitro groups is 1. The minimum Gasteiger partial charge on any atom is -0.478 e. The molecule has 1 heterocycles. The van der Waals surface area contributed by atoms with Crippen molar-refractivity contribution in [2.45, 2.75) is 148 Å². The number of ether oxygens (including phenoxy) is 2. The van der Waals surface area contributed by atoms with Crippen LogP contribution in [0.1, 0.15) is 143 Å². The van der Waals surface area contributed by atoms with Crippen LogP contribution in [-0.2, 0) is 44.8 Å². The number of carboxylic acids is 1. The summed E-state index contributed by atoms with van der Waals surface area (Å²) in [5, 5.41) is 27.2. The highest BCUT2D eigenvalue weighted by molar-refractivity contribution is 6.07. The van der Waals surface area contributed by atoms with Crippen molar-refractivity contribution < 1.29 is 57.9 Å². The number of amides is 4. The summed E-state index contributed by atoms with van der Waals surface area (Å²) in [5.74, 6) is -7.90. The van der Waals surface area contributed by atoms with Crippen LogP contribution in [0.2, 0.25) is 0 Å². The number of esters is 1. The third-order valence-electron chi connectivity index (χ3n) is 14.0. The number of aromatic carboxylic acids is 1. The predicted molar refractivity (Wildman–Crippen MR) is 257 cm³/mol. The maximum Gasteiger partial charge on any atom is 0.336 e. The van der Waals surface area contributed by atoms with Crippen molar-refractivity contribution in [3.63, 3.8) is 0 Å². The molecule has 0 bridgehead atoms. The summed E-state index contributed by atoms with van der Waals surface area (Å²) in [6, 6.07) is 8.77. The average Bonchev–Trinajstić information content (AvgIpc) is 3.78. The van der Waals surface area contributed by atoms with E-state index in [4.69, 9.17) is 10.5 Å². The highest BCUT2D eigenvalue weighted by Gasteiger charge is 2.47. The molecule has 3 aliphatic rings. The van der Waals surface area contributed by atoms with E-state index in [2.05, 4.69) is 15.4 Å². The number of carbonyl (C=O) groups excluding carboxylic acids is 7. The van der Waals surface area contributed by atoms with Crippen LogP contribution in [0.3, 0.4) is 0 Å². The van der Waals surface area contributed by atoms with Crippen molar-refractivity contribution in [2.24, 2.45) is 34.8 Å². The van der Waals surface area contributed by atoms with Crippen LogP contribution in [0.15, 0.2) is 60.7 Å². The van der Waals surface area contributed by atoms with E-state index in [9.17, 15) is 48.8 Å². The molecule has 18 heteroatoms. The number of methoxy groups -OCH3 is 1. The van der Waals surface area contributed by atoms with Crippen LogP contribution in [0.4, 0.5) is 5.69 Å². The molecule has 0 spiro atoms. The van der Waals surface area contributed by atoms with E-state index in [-0.39, 0.29) is 62.0 Å². The summed E-state index contributed by atoms with van der Waals surface area (Å²) in [4.78, 5) is 122. The van der Waals surface area contributed by atoms with Crippen LogP contribution in [-0.4, -0.2) is 99.9 Å². The van der Waals surface area contributed by atoms with Gasteiger partial charge in [0, 0.05) is 61.4 Å². The molecule has 70 heavy (non-hydrogen) atoms. The molecular formula is C52H69N5O13. The van der Waals surface area contributed by atoms with Gasteiger partial charge in [-0.25, -0.2) is 9.59 Å². The quantitative estimate of drug-likeness (QED) is 0.0308. The second-order valence-corrected chi connectivity index (χ2v) is 20.0. The summed E-state index contributed by atoms with van der Waals surface area (Å²) in [7, 11) is 1.19. The largest absolute Gasteiger partial charge is 0.478 e. The fourth-order valence-corrected chi connectivity index (χ4v) is 10.1. The molecule has 5 rings (SSSR count). The number of nitrogens with zero attached hydrogens (tertiary/aromatic N) is 2. The van der Waals surface area contributed by atoms with Crippen LogP contribution >= 0.6 is 0 Å². The zero-order valence-corrected chi connectivity index (χ0v) is 40.7. The summed E-state index contributed by atoms with van der Waals surface area (Å²) >= 11 is 0. The Hall–Kier alpha value is -6.30. The molecule has 1 saturated heterocycles. The number of primary amides is 1. The van der Waals surface area contributed by atoms with Gasteiger partial charge in [0.1, 0.15) is 12.1 Å². The minimum absolute atomic E-state index is 0.0218. The first-order valence-corrected chi connectivity index (χ1v) is 24.5. The standard InChI is InChI=1S/C52H69N5O13/c1-52(2,3)46(55-48(62)35(22-14-15-23-44(60)69-4)26-42(58)38-25-24-36(57(67)68)27-40(38)51(65)66)50(64)56-30-37(70-31-32-16-8-5-9-17-32)28-41(56)49(63)54-45(34-20-12-7-13-21-34)43(59)29-39(47(53)61)33-18-10-6-11-19-33/h5,8-9,15-17,23-25,27,33-35,37,39,41,45-46H,6-7,10-14,18-22,26,28-31H2,1-4H3,(H2,53,61)(H,54,63)(H,55,62)(H,65,66)/b23-15+/t35-,37-,39+,41+,45+,46-/m1/s1. The molecule has 0 radical (unpaired) electrons. The summed E-state index contributed by atoms with van der Waals surface area (Å²) in [5.41, 5.74) is 4.26. The van der Waals surface area contributed by atoms with Gasteiger partial charge >= 0.3 is 11.9 Å². The fraction of sp³-hybridized carbons (Fsp3) is 0.577. The Morgan fingerprint density at radius 1 is 0.886 bits per heavy atom. The number of non-ortho nitro benzene ring substituents is 1. The van der Waals surface area contributed by atoms with Gasteiger partial charge in [-0.15, -0.1) is 0 Å². The maximum atomic E-state index is 15.1. The Morgan fingerprint density at radius 2 is 1.53 bits per heavy atom. The number of carbonyl (C=O) groups is 8. The number of Topliss-reactive ketones (excluding diaryl/α,β-unsaturated/α-hetero) is 2. The van der Waals surface area contributed by atoms with Crippen molar-refractivity contribution >= 4 is 52.8 Å². The lowest BCUT2D eigenvalue weighted by Crippen LogP contribution is -2.59. The monoisotopic (exact) mass is 971 g/mol. The number of hydrogen-bond donors (Lipinski definition) is 4. The predicted octanol–water partition coefficient (Wildman–Crippen LogP) is 6.41. The van der Waals surface area contributed by atoms with Crippen LogP contribution in [0.5, 0.6) is 0 Å². The second kappa shape index (κ2) is 25.5. The molecule has 1 aliphatic heterocycles. The van der Waals surface area contributed by atoms with Gasteiger partial charge in [0.2, 0.25) is 23.6 Å². The van der Waals surface area contributed by atoms with Crippen molar-refractivity contribution in [3.05, 3.63) is 87.5 Å². The molecule has 2 aromatic carbocycles. The third kappa shape index (κ3) is 15.1. The normalized spacial score (nSPS) is 19.6. The number of ketones is 2. The van der Waals surface area contributed by atoms with Crippen LogP contribution in [0.25, 0.3) is 0 Å². The molecule has 3 fully saturated rings. The Balaban J connectivity index is 1.45. The first-order valence-electron chi connectivity index (χ1n) is 24.5. The molecule has 5 N–H and O–H groups in total. The lowest BCUT2D eigenvalue weighted by atomic mass is 9.75. The van der Waals surface area contributed by atoms with Gasteiger partial charge in [-0.1, -0.05) is 95.7 Å². The number of nitrogens with two attached hydrogens (primary N) is 1. The highest BCUT2D eigenvalue weighted by Crippen LogP contribution is 2.35. The Bertz CT molecular complexity index is 2250. The van der Waals surface area contributed by atoms with E-state index in [0.717, 1.165) is 81.2 Å². The molecule has 4 amide bonds. The highest BCUT2D eigenvalue weighted by atomic mass is 16.6. The topological polar surface area (TPSA) is 272 Å². The zero-order chi connectivity index (χ0) is 51.1. The summed E-state index contributed by atoms with van der Waals surface area (Å²) < 4.78 is 11.0. The SMILES string of the molecule is COC(=O)/C=C/CC[C@H](CC(=O)c1ccc([N+](=O)[O-])cc1C(=O)O)C(=O)N[C@H](C(=O)N1C[C@H](OCc2ccccc2)C[C@H]1C(=O)N[C@H](C(=O)C[C@H](C(N)=O)C1CCCCC1)C1CCCCC1)C(C)(C)C. The smallest absolute Gasteiger partial charge is 0.336 e. The van der Waals surface area contributed by atoms with E-state index < -0.39 is 105 Å². The second-order valence-electron chi connectivity index (χ2n) is 20.0. The van der Waals surface area contributed by atoms with Crippen molar-refractivity contribution in [2.75, 3.05) is 13.7 Å². The Morgan fingerprint density at radius 3 is 2.11 bits per heavy atom. The first kappa shape index (κ1) is 54.6. The number of carboxylic acid groups (broad SMARTS) is 1. The lowest BCUT2D eigenvalue weighted by molar-refractivity contribution is -0.384. The van der Waals surface area contributed by atoms with Gasteiger partial charge in [-0.05, 0) is 67.4 Å². The van der Waals surface area contributed by atoms with Crippen molar-refractivity contribution in [1.82, 2.24) is 15.5 Å². The van der Waals surface area contributed by atoms with Gasteiger partial charge < -0.3 is 35.8 Å². The van der Waals surface area contributed by atoms with E-state index in [1.807, 2.05) is 30.3 Å². The van der Waals surface area contributed by atoms with Gasteiger partial charge in [-0.2, -0.15) is 0 Å². The number of hydrogen-bond acceptors (Lipinski definition) is 12. The van der Waals surface area contributed by atoms with Crippen LogP contribution in [0, 0.1) is 39.2 Å². The van der Waals surface area contributed by atoms with E-state index in [1.165, 1.54) is 18.1 Å². The Labute approximate surface area is 409 Å². The van der Waals surface area contributed by atoms with E-state index >= 15 is 4.79 Å². The molecule has 18 nitrogen and oxygen atoms in total. The number of rotatable bonds is 23. The molecular weight excluding hydrogens is 903 g/mol. The number of nitrogens with one attached hydrogen (secondary N) is 2. The van der Waals surface area contributed by atoms with Gasteiger partial charge in [0.05, 0.1) is 36.3 Å². The van der Waals surface area contributed by atoms with Gasteiger partial charge in [0.15, 0.2) is 11.6 Å². The molecule has 2 saturated carbocycles. The fourth-order valence-electron chi connectivity index (χ4n) is 10.1. The maximum absolute atomic E-state index is 15.1. The Kier molecular flexibility index (Phi) is 19.9. The van der Waals surface area contributed by atoms with Crippen molar-refractivity contribution in [1.29, 1.82) is 0 Å². The zero-order valence-electron chi connectivity index (χ0n) is 40.7. The van der Waals surface area contributed by atoms with E-state index in [0.29, 0.717) is 12.8 Å². The number of likely N-dealkylation sites (tertiary alicyclic amines) is 1. The summed E-state index contributed by atoms with van der Waals surface area (Å²) in [6.45, 7) is 5.30. The summed E-state index contributed by atoms with van der Waals surface area (Å²) in [6.07, 6.45) is 10.0. The van der Waals surface area contributed by atoms with Gasteiger partial charge in [0.25, 0.3) is 5.69 Å². The van der Waals surface area contributed by atoms with E-state index in [1.54, 1.807) is 20.8 Å². The first-order chi connectivity index (χ1) is 33.3. The lowest BCUT2D eigenvalue weighted by Gasteiger charge is -2.37. The van der Waals surface area contributed by atoms with Crippen molar-refractivity contribution in [3.8, 4) is 0 Å². The molecule has 6 atom stereocenters. The molecule has 0 aromatic heterocycles. The third-order valence-corrected chi connectivity index (χ3v) is 14.0. The molecule has 2 aromatic rings. The van der Waals surface area contributed by atoms with Gasteiger partial charge in [-0.3, -0.25) is 38.9 Å². The molecule has 380 valence electrons. The number of benzene rings is 2. The number of nitro benzene ring substituents is 1. The average molecular weight is 972 g/mol. The molecule has 2 aliphatic carbocycles. The molecule has 0 unspecified atom stereocenters.